The summed E-state index contributed by atoms with van der Waals surface area (Å²) in [5.74, 6) is -0.132. The summed E-state index contributed by atoms with van der Waals surface area (Å²) < 4.78 is 5.68. The van der Waals surface area contributed by atoms with E-state index < -0.39 is 37.1 Å². The van der Waals surface area contributed by atoms with Crippen LogP contribution in [0.5, 0.6) is 0 Å². The number of thiophene rings is 1. The third kappa shape index (κ3) is 5.04. The molecular formula is C25H26ClNO6S. The molecule has 7 nitrogen and oxygen atoms in total. The molecule has 0 aliphatic carbocycles. The molecule has 1 amide bonds. The molecule has 0 spiro atoms. The van der Waals surface area contributed by atoms with Crippen molar-refractivity contribution in [2.45, 2.75) is 36.9 Å². The zero-order valence-corrected chi connectivity index (χ0v) is 20.0. The topological polar surface area (TPSA) is 119 Å². The second-order valence-corrected chi connectivity index (χ2v) is 9.78. The van der Waals surface area contributed by atoms with Crippen LogP contribution in [0.1, 0.15) is 32.5 Å². The van der Waals surface area contributed by atoms with E-state index in [9.17, 15) is 25.2 Å². The summed E-state index contributed by atoms with van der Waals surface area (Å²) in [4.78, 5) is 13.9. The van der Waals surface area contributed by atoms with Crippen molar-refractivity contribution in [3.05, 3.63) is 81.2 Å². The van der Waals surface area contributed by atoms with Crippen LogP contribution in [-0.4, -0.2) is 64.4 Å². The first-order chi connectivity index (χ1) is 16.3. The van der Waals surface area contributed by atoms with Crippen molar-refractivity contribution in [1.29, 1.82) is 0 Å². The van der Waals surface area contributed by atoms with E-state index in [0.717, 1.165) is 20.9 Å². The molecule has 5 N–H and O–H groups in total. The van der Waals surface area contributed by atoms with E-state index in [0.29, 0.717) is 22.6 Å². The predicted octanol–water partition coefficient (Wildman–Crippen LogP) is 2.53. The maximum atomic E-state index is 11.7. The fourth-order valence-electron chi connectivity index (χ4n) is 4.03. The van der Waals surface area contributed by atoms with Crippen molar-refractivity contribution in [2.24, 2.45) is 0 Å². The third-order valence-electron chi connectivity index (χ3n) is 5.98. The molecule has 3 aromatic rings. The lowest BCUT2D eigenvalue weighted by atomic mass is 9.90. The molecule has 1 aliphatic rings. The average Bonchev–Trinajstić information content (AvgIpc) is 3.32. The number of nitrogens with one attached hydrogen (secondary N) is 1. The summed E-state index contributed by atoms with van der Waals surface area (Å²) in [5, 5.41) is 43.2. The van der Waals surface area contributed by atoms with Gasteiger partial charge in [0.15, 0.2) is 0 Å². The summed E-state index contributed by atoms with van der Waals surface area (Å²) in [6.45, 7) is -0.482. The molecule has 0 saturated carbocycles. The lowest BCUT2D eigenvalue weighted by molar-refractivity contribution is -0.231. The van der Waals surface area contributed by atoms with Gasteiger partial charge in [-0.2, -0.15) is 0 Å². The van der Waals surface area contributed by atoms with Gasteiger partial charge in [-0.05, 0) is 47.0 Å². The lowest BCUT2D eigenvalue weighted by Crippen LogP contribution is -2.55. The Balaban J connectivity index is 1.54. The number of halogens is 1. The molecule has 1 fully saturated rings. The molecule has 9 heteroatoms. The lowest BCUT2D eigenvalue weighted by Gasteiger charge is -2.40. The first kappa shape index (κ1) is 24.8. The number of carbonyl (C=O) groups is 1. The van der Waals surface area contributed by atoms with Gasteiger partial charge in [-0.1, -0.05) is 35.9 Å². The van der Waals surface area contributed by atoms with Gasteiger partial charge in [0.05, 0.1) is 6.61 Å². The standard InChI is InChI=1S/C25H26ClNO6S/c1-27-25(32)14-4-2-13(3-5-14)20-9-7-17(34-20)11-16-10-15(6-8-18(16)26)24-23(31)22(30)21(29)19(12-28)33-24/h2-10,19,21-24,28-31H,11-12H2,1H3,(H,27,32)/t19-,21-,22+,23-,24+/m1/s1. The highest BCUT2D eigenvalue weighted by Crippen LogP contribution is 2.36. The molecule has 2 heterocycles. The highest BCUT2D eigenvalue weighted by Gasteiger charge is 2.44. The number of ether oxygens (including phenoxy) is 1. The zero-order valence-electron chi connectivity index (χ0n) is 18.4. The molecular weight excluding hydrogens is 478 g/mol. The first-order valence-electron chi connectivity index (χ1n) is 10.8. The largest absolute Gasteiger partial charge is 0.394 e. The molecule has 4 rings (SSSR count). The maximum absolute atomic E-state index is 11.7. The molecule has 1 saturated heterocycles. The number of aliphatic hydroxyl groups excluding tert-OH is 4. The van der Waals surface area contributed by atoms with E-state index in [1.807, 2.05) is 30.3 Å². The van der Waals surface area contributed by atoms with E-state index in [-0.39, 0.29) is 5.91 Å². The maximum Gasteiger partial charge on any atom is 0.251 e. The Morgan fingerprint density at radius 2 is 1.76 bits per heavy atom. The summed E-state index contributed by atoms with van der Waals surface area (Å²) in [6.07, 6.45) is -5.53. The fraction of sp³-hybridized carbons (Fsp3) is 0.320. The second-order valence-electron chi connectivity index (χ2n) is 8.20. The minimum atomic E-state index is -1.44. The molecule has 0 unspecified atom stereocenters. The van der Waals surface area contributed by atoms with Crippen LogP contribution >= 0.6 is 22.9 Å². The number of carbonyl (C=O) groups excluding carboxylic acids is 1. The van der Waals surface area contributed by atoms with Crippen molar-refractivity contribution in [3.63, 3.8) is 0 Å². The van der Waals surface area contributed by atoms with Crippen LogP contribution in [0.25, 0.3) is 10.4 Å². The van der Waals surface area contributed by atoms with Gasteiger partial charge in [-0.3, -0.25) is 4.79 Å². The highest BCUT2D eigenvalue weighted by atomic mass is 35.5. The van der Waals surface area contributed by atoms with Crippen molar-refractivity contribution < 1.29 is 30.0 Å². The van der Waals surface area contributed by atoms with Crippen LogP contribution in [0.3, 0.4) is 0 Å². The second kappa shape index (κ2) is 10.5. The zero-order chi connectivity index (χ0) is 24.4. The third-order valence-corrected chi connectivity index (χ3v) is 7.48. The number of amides is 1. The van der Waals surface area contributed by atoms with Crippen molar-refractivity contribution in [1.82, 2.24) is 5.32 Å². The normalized spacial score (nSPS) is 24.7. The van der Waals surface area contributed by atoms with Gasteiger partial charge < -0.3 is 30.5 Å². The Kier molecular flexibility index (Phi) is 7.69. The first-order valence-corrected chi connectivity index (χ1v) is 12.0. The number of aliphatic hydroxyl groups is 4. The molecule has 34 heavy (non-hydrogen) atoms. The Labute approximate surface area is 206 Å². The Morgan fingerprint density at radius 3 is 2.44 bits per heavy atom. The Hall–Kier alpha value is -2.30. The smallest absolute Gasteiger partial charge is 0.251 e. The highest BCUT2D eigenvalue weighted by molar-refractivity contribution is 7.15. The molecule has 180 valence electrons. The molecule has 1 aromatic heterocycles. The average molecular weight is 504 g/mol. The molecule has 0 bridgehead atoms. The van der Waals surface area contributed by atoms with E-state index in [2.05, 4.69) is 5.32 Å². The predicted molar refractivity (Wildman–Crippen MR) is 130 cm³/mol. The van der Waals surface area contributed by atoms with Crippen molar-refractivity contribution in [3.8, 4) is 10.4 Å². The Bertz CT molecular complexity index is 1150. The summed E-state index contributed by atoms with van der Waals surface area (Å²) in [6, 6.07) is 16.6. The van der Waals surface area contributed by atoms with Crippen LogP contribution in [0, 0.1) is 0 Å². The minimum absolute atomic E-state index is 0.132. The van der Waals surface area contributed by atoms with Gasteiger partial charge in [-0.25, -0.2) is 0 Å². The van der Waals surface area contributed by atoms with Crippen LogP contribution in [0.4, 0.5) is 0 Å². The molecule has 0 radical (unpaired) electrons. The van der Waals surface area contributed by atoms with Gasteiger partial charge in [0.2, 0.25) is 0 Å². The quantitative estimate of drug-likeness (QED) is 0.353. The van der Waals surface area contributed by atoms with Crippen molar-refractivity contribution >= 4 is 28.8 Å². The molecule has 2 aromatic carbocycles. The van der Waals surface area contributed by atoms with Gasteiger partial charge in [0.1, 0.15) is 30.5 Å². The fourth-order valence-corrected chi connectivity index (χ4v) is 5.25. The van der Waals surface area contributed by atoms with E-state index >= 15 is 0 Å². The molecule has 1 aliphatic heterocycles. The van der Waals surface area contributed by atoms with E-state index in [1.165, 1.54) is 0 Å². The summed E-state index contributed by atoms with van der Waals surface area (Å²) in [7, 11) is 1.60. The monoisotopic (exact) mass is 503 g/mol. The van der Waals surface area contributed by atoms with Gasteiger partial charge in [-0.15, -0.1) is 11.3 Å². The van der Waals surface area contributed by atoms with Gasteiger partial charge in [0.25, 0.3) is 5.91 Å². The van der Waals surface area contributed by atoms with Gasteiger partial charge in [0, 0.05) is 33.8 Å². The molecule has 5 atom stereocenters. The Morgan fingerprint density at radius 1 is 1.03 bits per heavy atom. The van der Waals surface area contributed by atoms with E-state index in [4.69, 9.17) is 16.3 Å². The van der Waals surface area contributed by atoms with E-state index in [1.54, 1.807) is 42.6 Å². The van der Waals surface area contributed by atoms with Crippen LogP contribution in [-0.2, 0) is 11.2 Å². The number of hydrogen-bond donors (Lipinski definition) is 5. The minimum Gasteiger partial charge on any atom is -0.394 e. The number of rotatable bonds is 6. The number of hydrogen-bond acceptors (Lipinski definition) is 7. The van der Waals surface area contributed by atoms with Crippen LogP contribution in [0.15, 0.2) is 54.6 Å². The number of benzene rings is 2. The van der Waals surface area contributed by atoms with Crippen LogP contribution in [0.2, 0.25) is 5.02 Å². The SMILES string of the molecule is CNC(=O)c1ccc(-c2ccc(Cc3cc([C@@H]4O[C@H](CO)[C@@H](O)[C@H](O)[C@H]4O)ccc3Cl)s2)cc1. The summed E-state index contributed by atoms with van der Waals surface area (Å²) in [5.41, 5.74) is 3.02. The summed E-state index contributed by atoms with van der Waals surface area (Å²) >= 11 is 8.06. The van der Waals surface area contributed by atoms with Crippen molar-refractivity contribution in [2.75, 3.05) is 13.7 Å². The van der Waals surface area contributed by atoms with Gasteiger partial charge >= 0.3 is 0 Å². The van der Waals surface area contributed by atoms with Crippen LogP contribution < -0.4 is 5.32 Å².